The summed E-state index contributed by atoms with van der Waals surface area (Å²) in [6, 6.07) is 4.80. The third-order valence-electron chi connectivity index (χ3n) is 2.73. The lowest BCUT2D eigenvalue weighted by Crippen LogP contribution is -2.37. The van der Waals surface area contributed by atoms with Crippen LogP contribution in [0.15, 0.2) is 18.2 Å². The Morgan fingerprint density at radius 3 is 3.06 bits per heavy atom. The second-order valence-electron chi connectivity index (χ2n) is 3.92. The van der Waals surface area contributed by atoms with Gasteiger partial charge >= 0.3 is 0 Å². The Kier molecular flexibility index (Phi) is 3.49. The highest BCUT2D eigenvalue weighted by molar-refractivity contribution is 8.00. The van der Waals surface area contributed by atoms with Gasteiger partial charge < -0.3 is 4.90 Å². The van der Waals surface area contributed by atoms with Gasteiger partial charge in [0.2, 0.25) is 0 Å². The van der Waals surface area contributed by atoms with Gasteiger partial charge in [-0.15, -0.1) is 0 Å². The Bertz CT molecular complexity index is 397. The third-order valence-corrected chi connectivity index (χ3v) is 3.87. The van der Waals surface area contributed by atoms with Gasteiger partial charge in [-0.05, 0) is 12.1 Å². The predicted octanol–water partition coefficient (Wildman–Crippen LogP) is 2.58. The number of rotatable bonds is 2. The Balaban J connectivity index is 2.32. The first-order valence-electron chi connectivity index (χ1n) is 5.32. The van der Waals surface area contributed by atoms with Crippen LogP contribution < -0.4 is 4.90 Å². The van der Waals surface area contributed by atoms with Crippen molar-refractivity contribution in [3.05, 3.63) is 29.6 Å². The molecule has 2 nitrogen and oxygen atoms in total. The van der Waals surface area contributed by atoms with Crippen LogP contribution in [-0.4, -0.2) is 30.4 Å². The minimum Gasteiger partial charge on any atom is -0.369 e. The number of aldehydes is 1. The van der Waals surface area contributed by atoms with E-state index in [0.29, 0.717) is 11.5 Å². The van der Waals surface area contributed by atoms with E-state index in [4.69, 9.17) is 0 Å². The first-order chi connectivity index (χ1) is 7.72. The zero-order chi connectivity index (χ0) is 11.5. The third kappa shape index (κ3) is 2.21. The quantitative estimate of drug-likeness (QED) is 0.740. The van der Waals surface area contributed by atoms with Crippen molar-refractivity contribution in [2.24, 2.45) is 0 Å². The molecule has 0 N–H and O–H groups in total. The summed E-state index contributed by atoms with van der Waals surface area (Å²) in [6.07, 6.45) is 0.608. The van der Waals surface area contributed by atoms with Crippen LogP contribution in [0.4, 0.5) is 10.1 Å². The summed E-state index contributed by atoms with van der Waals surface area (Å²) in [4.78, 5) is 13.0. The van der Waals surface area contributed by atoms with E-state index in [-0.39, 0.29) is 5.56 Å². The molecule has 1 fully saturated rings. The summed E-state index contributed by atoms with van der Waals surface area (Å²) in [5, 5.41) is 0.525. The Labute approximate surface area is 98.8 Å². The normalized spacial score (nSPS) is 20.9. The number of carbonyl (C=O) groups excluding carboxylic acids is 1. The standard InChI is InChI=1S/C12H14FNOS/c1-9-7-14(5-6-16-9)12-4-2-3-11(13)10(12)8-15/h2-4,8-9H,5-7H2,1H3. The molecular formula is C12H14FNOS. The minimum absolute atomic E-state index is 0.182. The number of nitrogens with zero attached hydrogens (tertiary/aromatic N) is 1. The molecular weight excluding hydrogens is 225 g/mol. The van der Waals surface area contributed by atoms with Crippen LogP contribution in [0.2, 0.25) is 0 Å². The molecule has 0 saturated carbocycles. The summed E-state index contributed by atoms with van der Waals surface area (Å²) >= 11 is 1.91. The molecule has 86 valence electrons. The predicted molar refractivity (Wildman–Crippen MR) is 65.9 cm³/mol. The van der Waals surface area contributed by atoms with Crippen LogP contribution in [0.3, 0.4) is 0 Å². The fourth-order valence-electron chi connectivity index (χ4n) is 1.96. The second-order valence-corrected chi connectivity index (χ2v) is 5.46. The zero-order valence-corrected chi connectivity index (χ0v) is 9.97. The second kappa shape index (κ2) is 4.87. The Hall–Kier alpha value is -1.03. The summed E-state index contributed by atoms with van der Waals surface area (Å²) in [5.41, 5.74) is 0.906. The zero-order valence-electron chi connectivity index (χ0n) is 9.15. The molecule has 1 aromatic carbocycles. The number of hydrogen-bond donors (Lipinski definition) is 0. The monoisotopic (exact) mass is 239 g/mol. The molecule has 1 saturated heterocycles. The molecule has 1 heterocycles. The maximum atomic E-state index is 13.4. The molecule has 16 heavy (non-hydrogen) atoms. The molecule has 4 heteroatoms. The highest BCUT2D eigenvalue weighted by Crippen LogP contribution is 2.27. The van der Waals surface area contributed by atoms with Crippen LogP contribution >= 0.6 is 11.8 Å². The Morgan fingerprint density at radius 1 is 1.56 bits per heavy atom. The van der Waals surface area contributed by atoms with Crippen molar-refractivity contribution < 1.29 is 9.18 Å². The number of benzene rings is 1. The molecule has 1 aromatic rings. The van der Waals surface area contributed by atoms with E-state index in [9.17, 15) is 9.18 Å². The number of carbonyl (C=O) groups is 1. The Morgan fingerprint density at radius 2 is 2.38 bits per heavy atom. The SMILES string of the molecule is CC1CN(c2cccc(F)c2C=O)CCS1. The topological polar surface area (TPSA) is 20.3 Å². The van der Waals surface area contributed by atoms with E-state index in [1.807, 2.05) is 17.8 Å². The highest BCUT2D eigenvalue weighted by Gasteiger charge is 2.20. The van der Waals surface area contributed by atoms with Crippen molar-refractivity contribution in [2.45, 2.75) is 12.2 Å². The van der Waals surface area contributed by atoms with Crippen LogP contribution in [0.25, 0.3) is 0 Å². The lowest BCUT2D eigenvalue weighted by Gasteiger charge is -2.33. The van der Waals surface area contributed by atoms with Gasteiger partial charge in [-0.25, -0.2) is 4.39 Å². The van der Waals surface area contributed by atoms with Crippen molar-refractivity contribution in [3.8, 4) is 0 Å². The van der Waals surface area contributed by atoms with E-state index in [2.05, 4.69) is 11.8 Å². The van der Waals surface area contributed by atoms with Gasteiger partial charge in [0.25, 0.3) is 0 Å². The van der Waals surface area contributed by atoms with Crippen molar-refractivity contribution in [1.29, 1.82) is 0 Å². The number of halogens is 1. The minimum atomic E-state index is -0.432. The fourth-order valence-corrected chi connectivity index (χ4v) is 2.97. The fraction of sp³-hybridized carbons (Fsp3) is 0.417. The van der Waals surface area contributed by atoms with Gasteiger partial charge in [-0.3, -0.25) is 4.79 Å². The average Bonchev–Trinajstić information content (AvgIpc) is 2.28. The largest absolute Gasteiger partial charge is 0.369 e. The molecule has 1 atom stereocenters. The number of hydrogen-bond acceptors (Lipinski definition) is 3. The lowest BCUT2D eigenvalue weighted by molar-refractivity contribution is 0.112. The summed E-state index contributed by atoms with van der Waals surface area (Å²) in [5.74, 6) is 0.592. The molecule has 0 spiro atoms. The van der Waals surface area contributed by atoms with Gasteiger partial charge in [0.15, 0.2) is 6.29 Å². The summed E-state index contributed by atoms with van der Waals surface area (Å²) < 4.78 is 13.4. The number of thioether (sulfide) groups is 1. The molecule has 1 aliphatic rings. The van der Waals surface area contributed by atoms with Gasteiger partial charge in [-0.1, -0.05) is 13.0 Å². The molecule has 0 aliphatic carbocycles. The van der Waals surface area contributed by atoms with E-state index in [0.717, 1.165) is 24.5 Å². The van der Waals surface area contributed by atoms with Gasteiger partial charge in [0, 0.05) is 24.1 Å². The molecule has 1 unspecified atom stereocenters. The molecule has 0 amide bonds. The number of anilines is 1. The van der Waals surface area contributed by atoms with Gasteiger partial charge in [0.1, 0.15) is 5.82 Å². The lowest BCUT2D eigenvalue weighted by atomic mass is 10.1. The molecule has 0 bridgehead atoms. The van der Waals surface area contributed by atoms with Crippen molar-refractivity contribution in [3.63, 3.8) is 0 Å². The van der Waals surface area contributed by atoms with E-state index in [1.54, 1.807) is 6.07 Å². The average molecular weight is 239 g/mol. The molecule has 2 rings (SSSR count). The van der Waals surface area contributed by atoms with Gasteiger partial charge in [0.05, 0.1) is 11.3 Å². The maximum absolute atomic E-state index is 13.4. The first-order valence-corrected chi connectivity index (χ1v) is 6.37. The van der Waals surface area contributed by atoms with Crippen LogP contribution in [0.1, 0.15) is 17.3 Å². The molecule has 1 aliphatic heterocycles. The van der Waals surface area contributed by atoms with Crippen LogP contribution in [-0.2, 0) is 0 Å². The van der Waals surface area contributed by atoms with Crippen LogP contribution in [0.5, 0.6) is 0 Å². The first kappa shape index (κ1) is 11.5. The van der Waals surface area contributed by atoms with Crippen molar-refractivity contribution in [1.82, 2.24) is 0 Å². The molecule has 0 radical (unpaired) electrons. The van der Waals surface area contributed by atoms with Crippen molar-refractivity contribution >= 4 is 23.7 Å². The van der Waals surface area contributed by atoms with E-state index in [1.165, 1.54) is 6.07 Å². The van der Waals surface area contributed by atoms with Gasteiger partial charge in [-0.2, -0.15) is 11.8 Å². The van der Waals surface area contributed by atoms with Crippen molar-refractivity contribution in [2.75, 3.05) is 23.7 Å². The highest BCUT2D eigenvalue weighted by atomic mass is 32.2. The van der Waals surface area contributed by atoms with Crippen LogP contribution in [0, 0.1) is 5.82 Å². The molecule has 0 aromatic heterocycles. The smallest absolute Gasteiger partial charge is 0.155 e. The maximum Gasteiger partial charge on any atom is 0.155 e. The van der Waals surface area contributed by atoms with E-state index < -0.39 is 5.82 Å². The summed E-state index contributed by atoms with van der Waals surface area (Å²) in [6.45, 7) is 3.89. The summed E-state index contributed by atoms with van der Waals surface area (Å²) in [7, 11) is 0. The van der Waals surface area contributed by atoms with E-state index >= 15 is 0 Å².